The van der Waals surface area contributed by atoms with Crippen LogP contribution in [-0.4, -0.2) is 13.1 Å². The third-order valence-corrected chi connectivity index (χ3v) is 4.65. The van der Waals surface area contributed by atoms with Gasteiger partial charge in [0.1, 0.15) is 0 Å². The number of hydrogen-bond acceptors (Lipinski definition) is 1. The first kappa shape index (κ1) is 14.0. The quantitative estimate of drug-likeness (QED) is 0.672. The minimum absolute atomic E-state index is 0.916. The lowest BCUT2D eigenvalue weighted by atomic mass is 9.71. The lowest BCUT2D eigenvalue weighted by Crippen LogP contribution is -2.27. The third kappa shape index (κ3) is 4.45. The maximum atomic E-state index is 3.53. The summed E-state index contributed by atoms with van der Waals surface area (Å²) >= 11 is 0. The molecule has 0 aromatic carbocycles. The van der Waals surface area contributed by atoms with Crippen LogP contribution in [0.25, 0.3) is 0 Å². The predicted molar refractivity (Wildman–Crippen MR) is 72.6 cm³/mol. The minimum atomic E-state index is 0.916. The molecular weight excluding hydrogens is 194 g/mol. The maximum absolute atomic E-state index is 3.53. The Morgan fingerprint density at radius 3 is 2.50 bits per heavy atom. The fraction of sp³-hybridized carbons (Fsp3) is 1.00. The predicted octanol–water partition coefficient (Wildman–Crippen LogP) is 4.08. The first-order valence-corrected chi connectivity index (χ1v) is 7.35. The van der Waals surface area contributed by atoms with E-state index in [1.165, 1.54) is 45.2 Å². The summed E-state index contributed by atoms with van der Waals surface area (Å²) in [5.74, 6) is 3.82. The summed E-state index contributed by atoms with van der Waals surface area (Å²) in [5, 5.41) is 3.53. The standard InChI is InChI=1S/C15H31N/c1-5-9-16-10-8-13(3)15-7-6-12(2)14(4)11-15/h12-16H,5-11H2,1-4H3. The Morgan fingerprint density at radius 2 is 1.88 bits per heavy atom. The molecule has 0 heterocycles. The summed E-state index contributed by atoms with van der Waals surface area (Å²) in [6, 6.07) is 0. The number of nitrogens with one attached hydrogen (secondary N) is 1. The molecule has 0 aliphatic heterocycles. The zero-order valence-electron chi connectivity index (χ0n) is 11.8. The third-order valence-electron chi connectivity index (χ3n) is 4.65. The highest BCUT2D eigenvalue weighted by Gasteiger charge is 2.27. The molecule has 0 radical (unpaired) electrons. The zero-order chi connectivity index (χ0) is 12.0. The second-order valence-electron chi connectivity index (χ2n) is 6.04. The molecule has 0 spiro atoms. The van der Waals surface area contributed by atoms with E-state index < -0.39 is 0 Å². The van der Waals surface area contributed by atoms with Crippen molar-refractivity contribution < 1.29 is 0 Å². The maximum Gasteiger partial charge on any atom is -0.00463 e. The molecule has 0 aromatic rings. The van der Waals surface area contributed by atoms with Gasteiger partial charge in [0, 0.05) is 0 Å². The molecule has 1 aliphatic rings. The molecule has 4 unspecified atom stereocenters. The average Bonchev–Trinajstić information content (AvgIpc) is 2.28. The van der Waals surface area contributed by atoms with Gasteiger partial charge in [-0.25, -0.2) is 0 Å². The molecule has 0 amide bonds. The Hall–Kier alpha value is -0.0400. The molecule has 1 N–H and O–H groups in total. The molecule has 0 bridgehead atoms. The van der Waals surface area contributed by atoms with Crippen LogP contribution in [-0.2, 0) is 0 Å². The molecule has 1 heteroatoms. The van der Waals surface area contributed by atoms with E-state index in [4.69, 9.17) is 0 Å². The second kappa shape index (κ2) is 7.32. The van der Waals surface area contributed by atoms with E-state index in [1.807, 2.05) is 0 Å². The summed E-state index contributed by atoms with van der Waals surface area (Å²) in [6.07, 6.45) is 7.02. The molecule has 16 heavy (non-hydrogen) atoms. The van der Waals surface area contributed by atoms with Crippen molar-refractivity contribution in [3.05, 3.63) is 0 Å². The van der Waals surface area contributed by atoms with E-state index in [-0.39, 0.29) is 0 Å². The molecule has 0 aromatic heterocycles. The summed E-state index contributed by atoms with van der Waals surface area (Å²) in [4.78, 5) is 0. The summed E-state index contributed by atoms with van der Waals surface area (Å²) in [7, 11) is 0. The van der Waals surface area contributed by atoms with Crippen molar-refractivity contribution in [3.8, 4) is 0 Å². The van der Waals surface area contributed by atoms with Gasteiger partial charge in [-0.2, -0.15) is 0 Å². The molecular formula is C15H31N. The van der Waals surface area contributed by atoms with Crippen LogP contribution in [0.4, 0.5) is 0 Å². The van der Waals surface area contributed by atoms with Crippen LogP contribution in [0.3, 0.4) is 0 Å². The summed E-state index contributed by atoms with van der Waals surface area (Å²) < 4.78 is 0. The normalized spacial score (nSPS) is 32.6. The van der Waals surface area contributed by atoms with Crippen LogP contribution >= 0.6 is 0 Å². The van der Waals surface area contributed by atoms with Gasteiger partial charge in [-0.1, -0.05) is 34.1 Å². The van der Waals surface area contributed by atoms with E-state index in [2.05, 4.69) is 33.0 Å². The Balaban J connectivity index is 2.18. The molecule has 1 nitrogen and oxygen atoms in total. The molecule has 1 saturated carbocycles. The largest absolute Gasteiger partial charge is 0.317 e. The Morgan fingerprint density at radius 1 is 1.12 bits per heavy atom. The summed E-state index contributed by atoms with van der Waals surface area (Å²) in [5.41, 5.74) is 0. The van der Waals surface area contributed by atoms with Gasteiger partial charge < -0.3 is 5.32 Å². The van der Waals surface area contributed by atoms with Crippen molar-refractivity contribution in [3.63, 3.8) is 0 Å². The molecule has 1 rings (SSSR count). The van der Waals surface area contributed by atoms with Crippen LogP contribution in [0, 0.1) is 23.7 Å². The van der Waals surface area contributed by atoms with Gasteiger partial charge >= 0.3 is 0 Å². The van der Waals surface area contributed by atoms with E-state index in [1.54, 1.807) is 0 Å². The van der Waals surface area contributed by atoms with Gasteiger partial charge in [0.05, 0.1) is 0 Å². The molecule has 0 saturated heterocycles. The van der Waals surface area contributed by atoms with Crippen molar-refractivity contribution >= 4 is 0 Å². The Labute approximate surface area is 102 Å². The van der Waals surface area contributed by atoms with Gasteiger partial charge in [0.2, 0.25) is 0 Å². The Bertz CT molecular complexity index is 178. The van der Waals surface area contributed by atoms with Gasteiger partial charge in [0.25, 0.3) is 0 Å². The fourth-order valence-electron chi connectivity index (χ4n) is 2.97. The summed E-state index contributed by atoms with van der Waals surface area (Å²) in [6.45, 7) is 12.0. The smallest absolute Gasteiger partial charge is 0.00463 e. The molecule has 1 fully saturated rings. The lowest BCUT2D eigenvalue weighted by Gasteiger charge is -2.35. The van der Waals surface area contributed by atoms with E-state index in [0.717, 1.165) is 23.7 Å². The van der Waals surface area contributed by atoms with Gasteiger partial charge in [0.15, 0.2) is 0 Å². The van der Waals surface area contributed by atoms with Crippen molar-refractivity contribution in [2.75, 3.05) is 13.1 Å². The van der Waals surface area contributed by atoms with Gasteiger partial charge in [-0.3, -0.25) is 0 Å². The van der Waals surface area contributed by atoms with Crippen LogP contribution in [0.5, 0.6) is 0 Å². The molecule has 96 valence electrons. The lowest BCUT2D eigenvalue weighted by molar-refractivity contribution is 0.158. The van der Waals surface area contributed by atoms with Crippen molar-refractivity contribution in [2.24, 2.45) is 23.7 Å². The van der Waals surface area contributed by atoms with Crippen LogP contribution in [0.2, 0.25) is 0 Å². The van der Waals surface area contributed by atoms with Crippen molar-refractivity contribution in [1.82, 2.24) is 5.32 Å². The highest BCUT2D eigenvalue weighted by Crippen LogP contribution is 2.37. The highest BCUT2D eigenvalue weighted by atomic mass is 14.8. The monoisotopic (exact) mass is 225 g/mol. The molecule has 1 aliphatic carbocycles. The first-order chi connectivity index (χ1) is 7.65. The second-order valence-corrected chi connectivity index (χ2v) is 6.04. The van der Waals surface area contributed by atoms with Gasteiger partial charge in [-0.05, 0) is 62.4 Å². The topological polar surface area (TPSA) is 12.0 Å². The first-order valence-electron chi connectivity index (χ1n) is 7.35. The molecule has 4 atom stereocenters. The zero-order valence-corrected chi connectivity index (χ0v) is 11.8. The Kier molecular flexibility index (Phi) is 6.41. The van der Waals surface area contributed by atoms with Crippen molar-refractivity contribution in [2.45, 2.75) is 59.8 Å². The fourth-order valence-corrected chi connectivity index (χ4v) is 2.97. The highest BCUT2D eigenvalue weighted by molar-refractivity contribution is 4.78. The number of rotatable bonds is 6. The van der Waals surface area contributed by atoms with Crippen LogP contribution in [0.15, 0.2) is 0 Å². The van der Waals surface area contributed by atoms with Crippen LogP contribution in [0.1, 0.15) is 59.8 Å². The van der Waals surface area contributed by atoms with Crippen molar-refractivity contribution in [1.29, 1.82) is 0 Å². The SMILES string of the molecule is CCCNCCC(C)C1CCC(C)C(C)C1. The van der Waals surface area contributed by atoms with Gasteiger partial charge in [-0.15, -0.1) is 0 Å². The van der Waals surface area contributed by atoms with Crippen LogP contribution < -0.4 is 5.32 Å². The minimum Gasteiger partial charge on any atom is -0.317 e. The van der Waals surface area contributed by atoms with E-state index >= 15 is 0 Å². The van der Waals surface area contributed by atoms with E-state index in [9.17, 15) is 0 Å². The van der Waals surface area contributed by atoms with E-state index in [0.29, 0.717) is 0 Å². The average molecular weight is 225 g/mol. The number of hydrogen-bond donors (Lipinski definition) is 1.